The van der Waals surface area contributed by atoms with Gasteiger partial charge >= 0.3 is 5.97 Å². The average molecular weight is 399 g/mol. The van der Waals surface area contributed by atoms with Gasteiger partial charge in [0.05, 0.1) is 10.5 Å². The Morgan fingerprint density at radius 3 is 2.35 bits per heavy atom. The number of ketones is 1. The lowest BCUT2D eigenvalue weighted by Crippen LogP contribution is -2.14. The molecule has 2 rings (SSSR count). The minimum absolute atomic E-state index is 0.0460. The van der Waals surface area contributed by atoms with E-state index in [4.69, 9.17) is 16.3 Å². The molecule has 0 bridgehead atoms. The van der Waals surface area contributed by atoms with Crippen molar-refractivity contribution in [2.45, 2.75) is 0 Å². The fraction of sp³-hybridized carbons (Fsp3) is 0.0667. The van der Waals surface area contributed by atoms with E-state index in [1.54, 1.807) is 24.3 Å². The maximum absolute atomic E-state index is 12.0. The summed E-state index contributed by atoms with van der Waals surface area (Å²) in [5.74, 6) is -1.22. The topological polar surface area (TPSA) is 86.5 Å². The van der Waals surface area contributed by atoms with E-state index in [-0.39, 0.29) is 16.3 Å². The molecule has 8 heteroatoms. The minimum atomic E-state index is -0.688. The number of hydrogen-bond donors (Lipinski definition) is 0. The molecular formula is C15H9BrClNO5. The van der Waals surface area contributed by atoms with Crippen LogP contribution in [0.4, 0.5) is 5.69 Å². The molecule has 23 heavy (non-hydrogen) atoms. The van der Waals surface area contributed by atoms with Crippen molar-refractivity contribution < 1.29 is 19.2 Å². The molecule has 0 aliphatic heterocycles. The van der Waals surface area contributed by atoms with E-state index in [1.165, 1.54) is 12.1 Å². The van der Waals surface area contributed by atoms with E-state index < -0.39 is 23.3 Å². The summed E-state index contributed by atoms with van der Waals surface area (Å²) in [6, 6.07) is 10.1. The Morgan fingerprint density at radius 1 is 1.13 bits per heavy atom. The second-order valence-electron chi connectivity index (χ2n) is 4.43. The third-order valence-electron chi connectivity index (χ3n) is 2.88. The fourth-order valence-corrected chi connectivity index (χ4v) is 2.16. The van der Waals surface area contributed by atoms with E-state index >= 15 is 0 Å². The first-order chi connectivity index (χ1) is 10.9. The van der Waals surface area contributed by atoms with Crippen LogP contribution in [-0.2, 0) is 4.74 Å². The molecule has 0 radical (unpaired) electrons. The summed E-state index contributed by atoms with van der Waals surface area (Å²) in [4.78, 5) is 33.9. The number of nitrogens with zero attached hydrogens (tertiary/aromatic N) is 1. The lowest BCUT2D eigenvalue weighted by atomic mass is 10.1. The van der Waals surface area contributed by atoms with Crippen molar-refractivity contribution in [2.24, 2.45) is 0 Å². The molecule has 0 unspecified atom stereocenters. The van der Waals surface area contributed by atoms with E-state index in [9.17, 15) is 19.7 Å². The molecule has 118 valence electrons. The Hall–Kier alpha value is -2.25. The normalized spacial score (nSPS) is 10.2. The minimum Gasteiger partial charge on any atom is -0.454 e. The first-order valence-electron chi connectivity index (χ1n) is 6.28. The Morgan fingerprint density at radius 2 is 1.74 bits per heavy atom. The first-order valence-corrected chi connectivity index (χ1v) is 7.45. The number of Topliss-reactive ketones (excluding diaryl/α,β-unsaturated/α-hetero) is 1. The highest BCUT2D eigenvalue weighted by Gasteiger charge is 2.17. The molecule has 0 saturated heterocycles. The van der Waals surface area contributed by atoms with Gasteiger partial charge in [-0.3, -0.25) is 14.9 Å². The summed E-state index contributed by atoms with van der Waals surface area (Å²) in [7, 11) is 0. The van der Waals surface area contributed by atoms with Crippen molar-refractivity contribution in [3.05, 3.63) is 73.2 Å². The SMILES string of the molecule is O=C(COC(=O)c1ccc(Br)cc1)c1ccc(Cl)c([N+](=O)[O-])c1. The molecule has 0 aliphatic carbocycles. The summed E-state index contributed by atoms with van der Waals surface area (Å²) < 4.78 is 5.71. The molecule has 6 nitrogen and oxygen atoms in total. The average Bonchev–Trinajstić information content (AvgIpc) is 2.53. The van der Waals surface area contributed by atoms with Gasteiger partial charge in [0, 0.05) is 16.1 Å². The zero-order valence-electron chi connectivity index (χ0n) is 11.5. The van der Waals surface area contributed by atoms with Crippen LogP contribution in [0.2, 0.25) is 5.02 Å². The number of nitro benzene ring substituents is 1. The number of benzene rings is 2. The zero-order chi connectivity index (χ0) is 17.0. The smallest absolute Gasteiger partial charge is 0.338 e. The molecule has 0 atom stereocenters. The van der Waals surface area contributed by atoms with E-state index in [0.29, 0.717) is 5.56 Å². The predicted molar refractivity (Wildman–Crippen MR) is 86.9 cm³/mol. The van der Waals surface area contributed by atoms with Crippen LogP contribution < -0.4 is 0 Å². The summed E-state index contributed by atoms with van der Waals surface area (Å²) >= 11 is 8.91. The summed E-state index contributed by atoms with van der Waals surface area (Å²) in [5.41, 5.74) is -0.0375. The Bertz CT molecular complexity index is 776. The largest absolute Gasteiger partial charge is 0.454 e. The molecule has 0 saturated carbocycles. The Balaban J connectivity index is 2.05. The van der Waals surface area contributed by atoms with Gasteiger partial charge in [0.25, 0.3) is 5.69 Å². The number of ether oxygens (including phenoxy) is 1. The van der Waals surface area contributed by atoms with Crippen molar-refractivity contribution >= 4 is 45.0 Å². The molecule has 0 aliphatic rings. The van der Waals surface area contributed by atoms with Crippen LogP contribution in [0.15, 0.2) is 46.9 Å². The quantitative estimate of drug-likeness (QED) is 0.328. The van der Waals surface area contributed by atoms with Crippen molar-refractivity contribution in [3.63, 3.8) is 0 Å². The maximum atomic E-state index is 12.0. The molecular weight excluding hydrogens is 390 g/mol. The standard InChI is InChI=1S/C15H9BrClNO5/c16-11-4-1-9(2-5-11)15(20)23-8-14(19)10-3-6-12(17)13(7-10)18(21)22/h1-7H,8H2. The van der Waals surface area contributed by atoms with Gasteiger partial charge in [-0.25, -0.2) is 4.79 Å². The van der Waals surface area contributed by atoms with Crippen molar-refractivity contribution in [1.82, 2.24) is 0 Å². The van der Waals surface area contributed by atoms with Gasteiger partial charge in [-0.15, -0.1) is 0 Å². The fourth-order valence-electron chi connectivity index (χ4n) is 1.71. The van der Waals surface area contributed by atoms with E-state index in [0.717, 1.165) is 10.5 Å². The second-order valence-corrected chi connectivity index (χ2v) is 5.75. The first kappa shape index (κ1) is 17.1. The van der Waals surface area contributed by atoms with E-state index in [1.807, 2.05) is 0 Å². The van der Waals surface area contributed by atoms with Crippen LogP contribution in [0.3, 0.4) is 0 Å². The third kappa shape index (κ3) is 4.37. The van der Waals surface area contributed by atoms with Crippen molar-refractivity contribution in [3.8, 4) is 0 Å². The van der Waals surface area contributed by atoms with E-state index in [2.05, 4.69) is 15.9 Å². The van der Waals surface area contributed by atoms with Crippen LogP contribution in [-0.4, -0.2) is 23.3 Å². The number of carbonyl (C=O) groups is 2. The Labute approximate surface area is 144 Å². The number of nitro groups is 1. The summed E-state index contributed by atoms with van der Waals surface area (Å²) in [6.07, 6.45) is 0. The number of hydrogen-bond acceptors (Lipinski definition) is 5. The van der Waals surface area contributed by atoms with Gasteiger partial charge in [-0.05, 0) is 36.4 Å². The monoisotopic (exact) mass is 397 g/mol. The van der Waals surface area contributed by atoms with Gasteiger partial charge in [-0.1, -0.05) is 27.5 Å². The number of carbonyl (C=O) groups excluding carboxylic acids is 2. The highest BCUT2D eigenvalue weighted by molar-refractivity contribution is 9.10. The molecule has 0 spiro atoms. The van der Waals surface area contributed by atoms with Gasteiger partial charge < -0.3 is 4.74 Å². The molecule has 0 fully saturated rings. The number of halogens is 2. The zero-order valence-corrected chi connectivity index (χ0v) is 13.8. The van der Waals surface area contributed by atoms with Crippen LogP contribution >= 0.6 is 27.5 Å². The summed E-state index contributed by atoms with van der Waals surface area (Å²) in [5, 5.41) is 10.7. The van der Waals surface area contributed by atoms with Gasteiger partial charge in [-0.2, -0.15) is 0 Å². The predicted octanol–water partition coefficient (Wildman–Crippen LogP) is 4.05. The lowest BCUT2D eigenvalue weighted by molar-refractivity contribution is -0.384. The number of rotatable bonds is 5. The molecule has 2 aromatic rings. The van der Waals surface area contributed by atoms with Crippen molar-refractivity contribution in [1.29, 1.82) is 0 Å². The van der Waals surface area contributed by atoms with Gasteiger partial charge in [0.1, 0.15) is 5.02 Å². The van der Waals surface area contributed by atoms with Crippen LogP contribution in [0.5, 0.6) is 0 Å². The molecule has 2 aromatic carbocycles. The summed E-state index contributed by atoms with van der Waals surface area (Å²) in [6.45, 7) is -0.520. The number of esters is 1. The highest BCUT2D eigenvalue weighted by atomic mass is 79.9. The molecule has 0 amide bonds. The third-order valence-corrected chi connectivity index (χ3v) is 3.73. The van der Waals surface area contributed by atoms with Crippen LogP contribution in [0.1, 0.15) is 20.7 Å². The highest BCUT2D eigenvalue weighted by Crippen LogP contribution is 2.25. The molecule has 0 heterocycles. The van der Waals surface area contributed by atoms with Gasteiger partial charge in [0.2, 0.25) is 5.78 Å². The van der Waals surface area contributed by atoms with Crippen molar-refractivity contribution in [2.75, 3.05) is 6.61 Å². The second kappa shape index (κ2) is 7.34. The van der Waals surface area contributed by atoms with Crippen LogP contribution in [0, 0.1) is 10.1 Å². The maximum Gasteiger partial charge on any atom is 0.338 e. The van der Waals surface area contributed by atoms with Gasteiger partial charge in [0.15, 0.2) is 6.61 Å². The van der Waals surface area contributed by atoms with Crippen LogP contribution in [0.25, 0.3) is 0 Å². The molecule has 0 aromatic heterocycles. The lowest BCUT2D eigenvalue weighted by Gasteiger charge is -2.05. The Kier molecular flexibility index (Phi) is 5.46. The molecule has 0 N–H and O–H groups in total.